The van der Waals surface area contributed by atoms with Gasteiger partial charge in [-0.2, -0.15) is 4.98 Å². The molecule has 0 amide bonds. The maximum absolute atomic E-state index is 10.6. The smallest absolute Gasteiger partial charge is 0.269 e. The van der Waals surface area contributed by atoms with E-state index >= 15 is 0 Å². The number of aromatic nitrogens is 2. The lowest BCUT2D eigenvalue weighted by Crippen LogP contribution is -2.13. The van der Waals surface area contributed by atoms with E-state index in [9.17, 15) is 10.1 Å². The van der Waals surface area contributed by atoms with Crippen LogP contribution in [0.25, 0.3) is 11.4 Å². The number of nitrogens with zero attached hydrogens (tertiary/aromatic N) is 3. The molecule has 7 heteroatoms. The van der Waals surface area contributed by atoms with Gasteiger partial charge in [0.25, 0.3) is 5.69 Å². The average Bonchev–Trinajstić information content (AvgIpc) is 2.87. The summed E-state index contributed by atoms with van der Waals surface area (Å²) in [5, 5.41) is 14.4. The van der Waals surface area contributed by atoms with Crippen LogP contribution in [0.2, 0.25) is 0 Å². The average molecular weight is 276 g/mol. The van der Waals surface area contributed by atoms with Crippen molar-refractivity contribution >= 4 is 5.69 Å². The molecule has 1 aromatic heterocycles. The Morgan fingerprint density at radius 1 is 1.35 bits per heavy atom. The maximum atomic E-state index is 10.6. The fraction of sp³-hybridized carbons (Fsp3) is 0.385. The summed E-state index contributed by atoms with van der Waals surface area (Å²) in [5.41, 5.74) is 6.64. The minimum atomic E-state index is -0.454. The maximum Gasteiger partial charge on any atom is 0.269 e. The van der Waals surface area contributed by atoms with E-state index in [4.69, 9.17) is 10.3 Å². The Bertz CT molecular complexity index is 592. The van der Waals surface area contributed by atoms with E-state index < -0.39 is 4.92 Å². The third kappa shape index (κ3) is 3.18. The van der Waals surface area contributed by atoms with Crippen LogP contribution in [0.1, 0.15) is 32.2 Å². The van der Waals surface area contributed by atoms with Crippen molar-refractivity contribution in [1.82, 2.24) is 10.1 Å². The van der Waals surface area contributed by atoms with Crippen LogP contribution in [-0.4, -0.2) is 15.1 Å². The molecule has 0 spiro atoms. The van der Waals surface area contributed by atoms with Crippen molar-refractivity contribution in [3.63, 3.8) is 0 Å². The Morgan fingerprint density at radius 2 is 2.00 bits per heavy atom. The number of benzene rings is 1. The summed E-state index contributed by atoms with van der Waals surface area (Å²) in [7, 11) is 0. The van der Waals surface area contributed by atoms with Crippen molar-refractivity contribution in [2.75, 3.05) is 0 Å². The Labute approximate surface area is 115 Å². The van der Waals surface area contributed by atoms with E-state index in [0.717, 1.165) is 6.42 Å². The number of rotatable bonds is 5. The lowest BCUT2D eigenvalue weighted by Gasteiger charge is -2.08. The second-order valence-electron chi connectivity index (χ2n) is 5.00. The van der Waals surface area contributed by atoms with E-state index in [0.29, 0.717) is 23.2 Å². The fourth-order valence-corrected chi connectivity index (χ4v) is 1.84. The molecule has 20 heavy (non-hydrogen) atoms. The molecule has 0 bridgehead atoms. The van der Waals surface area contributed by atoms with E-state index in [-0.39, 0.29) is 11.7 Å². The molecule has 1 aromatic carbocycles. The highest BCUT2D eigenvalue weighted by atomic mass is 16.6. The molecule has 106 valence electrons. The molecular formula is C13H16N4O3. The van der Waals surface area contributed by atoms with Gasteiger partial charge in [0, 0.05) is 17.7 Å². The Morgan fingerprint density at radius 3 is 2.55 bits per heavy atom. The molecular weight excluding hydrogens is 260 g/mol. The summed E-state index contributed by atoms with van der Waals surface area (Å²) >= 11 is 0. The van der Waals surface area contributed by atoms with Crippen molar-refractivity contribution in [2.45, 2.75) is 26.3 Å². The fourth-order valence-electron chi connectivity index (χ4n) is 1.84. The molecule has 0 saturated carbocycles. The van der Waals surface area contributed by atoms with Gasteiger partial charge >= 0.3 is 0 Å². The summed E-state index contributed by atoms with van der Waals surface area (Å²) < 4.78 is 5.14. The van der Waals surface area contributed by atoms with Gasteiger partial charge in [0.15, 0.2) is 0 Å². The molecule has 2 aromatic rings. The highest BCUT2D eigenvalue weighted by molar-refractivity contribution is 5.56. The van der Waals surface area contributed by atoms with Crippen LogP contribution in [0.4, 0.5) is 5.69 Å². The minimum Gasteiger partial charge on any atom is -0.337 e. The van der Waals surface area contributed by atoms with Crippen LogP contribution in [-0.2, 0) is 0 Å². The van der Waals surface area contributed by atoms with Crippen molar-refractivity contribution in [1.29, 1.82) is 0 Å². The first-order chi connectivity index (χ1) is 9.47. The van der Waals surface area contributed by atoms with Crippen LogP contribution in [0.3, 0.4) is 0 Å². The number of nitrogens with two attached hydrogens (primary N) is 1. The van der Waals surface area contributed by atoms with Gasteiger partial charge in [0.05, 0.1) is 11.0 Å². The van der Waals surface area contributed by atoms with Gasteiger partial charge in [-0.25, -0.2) is 0 Å². The lowest BCUT2D eigenvalue weighted by molar-refractivity contribution is -0.384. The molecule has 2 rings (SSSR count). The monoisotopic (exact) mass is 276 g/mol. The van der Waals surface area contributed by atoms with Crippen LogP contribution in [0.5, 0.6) is 0 Å². The summed E-state index contributed by atoms with van der Waals surface area (Å²) in [6, 6.07) is 5.68. The second-order valence-corrected chi connectivity index (χ2v) is 5.00. The van der Waals surface area contributed by atoms with Crippen LogP contribution >= 0.6 is 0 Å². The van der Waals surface area contributed by atoms with E-state index in [1.807, 2.05) is 0 Å². The molecule has 1 heterocycles. The Hall–Kier alpha value is -2.28. The predicted molar refractivity (Wildman–Crippen MR) is 72.8 cm³/mol. The van der Waals surface area contributed by atoms with E-state index in [2.05, 4.69) is 24.0 Å². The Kier molecular flexibility index (Phi) is 4.09. The van der Waals surface area contributed by atoms with Crippen molar-refractivity contribution < 1.29 is 9.45 Å². The molecule has 0 fully saturated rings. The van der Waals surface area contributed by atoms with Crippen LogP contribution in [0.15, 0.2) is 28.8 Å². The van der Waals surface area contributed by atoms with Crippen molar-refractivity contribution in [3.05, 3.63) is 40.3 Å². The molecule has 7 nitrogen and oxygen atoms in total. The minimum absolute atomic E-state index is 0.0222. The quantitative estimate of drug-likeness (QED) is 0.664. The highest BCUT2D eigenvalue weighted by Gasteiger charge is 2.17. The number of non-ortho nitro benzene ring substituents is 1. The Balaban J connectivity index is 2.18. The summed E-state index contributed by atoms with van der Waals surface area (Å²) in [6.07, 6.45) is 0.752. The molecule has 2 N–H and O–H groups in total. The van der Waals surface area contributed by atoms with Gasteiger partial charge in [-0.1, -0.05) is 19.0 Å². The zero-order valence-corrected chi connectivity index (χ0v) is 11.3. The van der Waals surface area contributed by atoms with Gasteiger partial charge in [-0.3, -0.25) is 10.1 Å². The lowest BCUT2D eigenvalue weighted by atomic mass is 10.0. The number of hydrogen-bond acceptors (Lipinski definition) is 6. The van der Waals surface area contributed by atoms with Gasteiger partial charge < -0.3 is 10.3 Å². The molecule has 0 saturated heterocycles. The van der Waals surface area contributed by atoms with Gasteiger partial charge in [0.2, 0.25) is 11.7 Å². The normalized spacial score (nSPS) is 12.6. The van der Waals surface area contributed by atoms with E-state index in [1.54, 1.807) is 12.1 Å². The molecule has 0 aliphatic carbocycles. The van der Waals surface area contributed by atoms with Gasteiger partial charge in [0.1, 0.15) is 0 Å². The molecule has 0 radical (unpaired) electrons. The first-order valence-corrected chi connectivity index (χ1v) is 6.31. The first-order valence-electron chi connectivity index (χ1n) is 6.31. The molecule has 0 aliphatic heterocycles. The van der Waals surface area contributed by atoms with Crippen molar-refractivity contribution in [3.8, 4) is 11.4 Å². The SMILES string of the molecule is CC(C)C[C@H](N)c1nc(-c2ccc([N+](=O)[O-])cc2)no1. The van der Waals surface area contributed by atoms with Crippen molar-refractivity contribution in [2.24, 2.45) is 11.7 Å². The zero-order chi connectivity index (χ0) is 14.7. The first kappa shape index (κ1) is 14.1. The standard InChI is InChI=1S/C13H16N4O3/c1-8(2)7-11(14)13-15-12(16-20-13)9-3-5-10(6-4-9)17(18)19/h3-6,8,11H,7,14H2,1-2H3/t11-/m0/s1. The third-order valence-corrected chi connectivity index (χ3v) is 2.82. The predicted octanol–water partition coefficient (Wildman–Crippen LogP) is 2.69. The zero-order valence-electron chi connectivity index (χ0n) is 11.3. The summed E-state index contributed by atoms with van der Waals surface area (Å²) in [5.74, 6) is 1.20. The highest BCUT2D eigenvalue weighted by Crippen LogP contribution is 2.23. The second kappa shape index (κ2) is 5.79. The van der Waals surface area contributed by atoms with Gasteiger partial charge in [-0.15, -0.1) is 0 Å². The summed E-state index contributed by atoms with van der Waals surface area (Å²) in [4.78, 5) is 14.4. The molecule has 0 unspecified atom stereocenters. The van der Waals surface area contributed by atoms with Crippen LogP contribution in [0, 0.1) is 16.0 Å². The number of nitro groups is 1. The van der Waals surface area contributed by atoms with Gasteiger partial charge in [-0.05, 0) is 24.5 Å². The molecule has 0 aliphatic rings. The largest absolute Gasteiger partial charge is 0.337 e. The number of hydrogen-bond donors (Lipinski definition) is 1. The summed E-state index contributed by atoms with van der Waals surface area (Å²) in [6.45, 7) is 4.13. The van der Waals surface area contributed by atoms with Crippen LogP contribution < -0.4 is 5.73 Å². The number of nitro benzene ring substituents is 1. The topological polar surface area (TPSA) is 108 Å². The van der Waals surface area contributed by atoms with E-state index in [1.165, 1.54) is 12.1 Å². The molecule has 1 atom stereocenters. The third-order valence-electron chi connectivity index (χ3n) is 2.82.